The van der Waals surface area contributed by atoms with E-state index in [0.717, 1.165) is 36.4 Å². The third-order valence-electron chi connectivity index (χ3n) is 5.92. The van der Waals surface area contributed by atoms with Crippen LogP contribution in [0.15, 0.2) is 23.2 Å². The van der Waals surface area contributed by atoms with Crippen LogP contribution >= 0.6 is 24.0 Å². The number of guanidine groups is 1. The van der Waals surface area contributed by atoms with E-state index in [1.165, 1.54) is 51.5 Å². The zero-order valence-corrected chi connectivity index (χ0v) is 20.2. The van der Waals surface area contributed by atoms with E-state index in [2.05, 4.69) is 22.5 Å². The number of phenols is 1. The van der Waals surface area contributed by atoms with Gasteiger partial charge in [-0.1, -0.05) is 19.3 Å². The summed E-state index contributed by atoms with van der Waals surface area (Å²) in [4.78, 5) is 7.40. The average molecular weight is 516 g/mol. The molecule has 1 aromatic carbocycles. The first-order valence-electron chi connectivity index (χ1n) is 10.8. The highest BCUT2D eigenvalue weighted by molar-refractivity contribution is 14.0. The van der Waals surface area contributed by atoms with Crippen molar-refractivity contribution < 1.29 is 9.84 Å². The molecule has 2 aliphatic rings. The van der Waals surface area contributed by atoms with Gasteiger partial charge in [0.15, 0.2) is 5.96 Å². The van der Waals surface area contributed by atoms with E-state index in [4.69, 9.17) is 9.73 Å². The Morgan fingerprint density at radius 1 is 1.21 bits per heavy atom. The molecule has 0 radical (unpaired) electrons. The topological polar surface area (TPSA) is 69.1 Å². The van der Waals surface area contributed by atoms with Gasteiger partial charge in [0.1, 0.15) is 11.5 Å². The summed E-state index contributed by atoms with van der Waals surface area (Å²) in [5.41, 5.74) is 0.768. The zero-order valence-electron chi connectivity index (χ0n) is 17.8. The van der Waals surface area contributed by atoms with Gasteiger partial charge in [-0.3, -0.25) is 4.90 Å². The number of nitrogens with one attached hydrogen (secondary N) is 2. The summed E-state index contributed by atoms with van der Waals surface area (Å²) in [6.45, 7) is 5.63. The van der Waals surface area contributed by atoms with Gasteiger partial charge < -0.3 is 20.5 Å². The number of hydrogen-bond acceptors (Lipinski definition) is 4. The van der Waals surface area contributed by atoms with E-state index in [9.17, 15) is 5.11 Å². The van der Waals surface area contributed by atoms with Crippen LogP contribution in [0.2, 0.25) is 0 Å². The fraction of sp³-hybridized carbons (Fsp3) is 0.682. The molecule has 0 aromatic heterocycles. The second-order valence-corrected chi connectivity index (χ2v) is 7.96. The van der Waals surface area contributed by atoms with Crippen LogP contribution in [0, 0.1) is 0 Å². The quantitative estimate of drug-likeness (QED) is 0.304. The van der Waals surface area contributed by atoms with Gasteiger partial charge in [-0.15, -0.1) is 24.0 Å². The molecule has 1 saturated heterocycles. The lowest BCUT2D eigenvalue weighted by Crippen LogP contribution is -2.53. The third kappa shape index (κ3) is 7.20. The number of rotatable bonds is 6. The highest BCUT2D eigenvalue weighted by Gasteiger charge is 2.27. The molecule has 3 N–H and O–H groups in total. The largest absolute Gasteiger partial charge is 0.508 e. The fourth-order valence-corrected chi connectivity index (χ4v) is 4.40. The summed E-state index contributed by atoms with van der Waals surface area (Å²) in [5.74, 6) is 1.80. The van der Waals surface area contributed by atoms with Gasteiger partial charge in [-0.05, 0) is 57.4 Å². The molecule has 29 heavy (non-hydrogen) atoms. The Balaban J connectivity index is 0.00000300. The van der Waals surface area contributed by atoms with Gasteiger partial charge in [0, 0.05) is 30.7 Å². The minimum Gasteiger partial charge on any atom is -0.508 e. The molecule has 1 unspecified atom stereocenters. The maximum Gasteiger partial charge on any atom is 0.191 e. The van der Waals surface area contributed by atoms with Crippen LogP contribution in [-0.2, 0) is 6.54 Å². The van der Waals surface area contributed by atoms with Crippen LogP contribution in [-0.4, -0.2) is 54.8 Å². The number of aliphatic imine (C=N–C) groups is 1. The minimum absolute atomic E-state index is 0. The first-order chi connectivity index (χ1) is 13.7. The Labute approximate surface area is 192 Å². The molecule has 2 fully saturated rings. The molecule has 7 heteroatoms. The summed E-state index contributed by atoms with van der Waals surface area (Å²) in [6, 6.07) is 6.45. The standard InChI is InChI=1S/C22H36N4O2.HI/c1-3-23-22(24-15-17-14-20(28-2)11-12-21(17)27)25-18-8-7-13-26(16-18)19-9-5-4-6-10-19;/h11-12,14,18-19,27H,3-10,13,15-16H2,1-2H3,(H2,23,24,25);1H. The second-order valence-electron chi connectivity index (χ2n) is 7.96. The van der Waals surface area contributed by atoms with E-state index in [1.54, 1.807) is 19.2 Å². The van der Waals surface area contributed by atoms with Gasteiger partial charge in [0.25, 0.3) is 0 Å². The second kappa shape index (κ2) is 12.5. The molecule has 3 rings (SSSR count). The van der Waals surface area contributed by atoms with E-state index in [-0.39, 0.29) is 29.7 Å². The third-order valence-corrected chi connectivity index (χ3v) is 5.92. The first-order valence-corrected chi connectivity index (χ1v) is 10.8. The van der Waals surface area contributed by atoms with Crippen LogP contribution in [0.25, 0.3) is 0 Å². The Kier molecular flexibility index (Phi) is 10.3. The SMILES string of the molecule is CCNC(=NCc1cc(OC)ccc1O)NC1CCCN(C2CCCCC2)C1.I. The van der Waals surface area contributed by atoms with Gasteiger partial charge in [0.2, 0.25) is 0 Å². The monoisotopic (exact) mass is 516 g/mol. The van der Waals surface area contributed by atoms with Crippen molar-refractivity contribution in [3.05, 3.63) is 23.8 Å². The molecule has 1 saturated carbocycles. The lowest BCUT2D eigenvalue weighted by atomic mass is 9.92. The Morgan fingerprint density at radius 2 is 2.00 bits per heavy atom. The van der Waals surface area contributed by atoms with Gasteiger partial charge >= 0.3 is 0 Å². The molecule has 1 aromatic rings. The molecule has 0 bridgehead atoms. The number of likely N-dealkylation sites (tertiary alicyclic amines) is 1. The predicted octanol–water partition coefficient (Wildman–Crippen LogP) is 3.87. The highest BCUT2D eigenvalue weighted by Crippen LogP contribution is 2.26. The van der Waals surface area contributed by atoms with Crippen LogP contribution in [0.1, 0.15) is 57.4 Å². The normalized spacial score (nSPS) is 21.3. The number of benzene rings is 1. The summed E-state index contributed by atoms with van der Waals surface area (Å²) in [6.07, 6.45) is 9.30. The van der Waals surface area contributed by atoms with Crippen molar-refractivity contribution >= 4 is 29.9 Å². The molecule has 164 valence electrons. The minimum atomic E-state index is 0. The molecule has 1 heterocycles. The van der Waals surface area contributed by atoms with Crippen molar-refractivity contribution in [3.8, 4) is 11.5 Å². The highest BCUT2D eigenvalue weighted by atomic mass is 127. The number of piperidine rings is 1. The van der Waals surface area contributed by atoms with Crippen LogP contribution in [0.3, 0.4) is 0 Å². The lowest BCUT2D eigenvalue weighted by molar-refractivity contribution is 0.115. The number of nitrogens with zero attached hydrogens (tertiary/aromatic N) is 2. The molecule has 1 aliphatic heterocycles. The molecule has 0 spiro atoms. The summed E-state index contributed by atoms with van der Waals surface area (Å²) in [7, 11) is 1.63. The predicted molar refractivity (Wildman–Crippen MR) is 129 cm³/mol. The molecule has 1 aliphatic carbocycles. The average Bonchev–Trinajstić information content (AvgIpc) is 2.74. The van der Waals surface area contributed by atoms with E-state index < -0.39 is 0 Å². The number of methoxy groups -OCH3 is 1. The molecule has 6 nitrogen and oxygen atoms in total. The fourth-order valence-electron chi connectivity index (χ4n) is 4.40. The molecular weight excluding hydrogens is 479 g/mol. The number of phenolic OH excluding ortho intramolecular Hbond substituents is 1. The van der Waals surface area contributed by atoms with Crippen molar-refractivity contribution in [1.29, 1.82) is 0 Å². The van der Waals surface area contributed by atoms with E-state index in [0.29, 0.717) is 12.6 Å². The maximum atomic E-state index is 10.1. The Bertz CT molecular complexity index is 650. The van der Waals surface area contributed by atoms with Gasteiger partial charge in [0.05, 0.1) is 13.7 Å². The Morgan fingerprint density at radius 3 is 2.72 bits per heavy atom. The summed E-state index contributed by atoms with van der Waals surface area (Å²) in [5, 5.41) is 17.1. The van der Waals surface area contributed by atoms with E-state index in [1.807, 2.05) is 6.07 Å². The summed E-state index contributed by atoms with van der Waals surface area (Å²) < 4.78 is 5.26. The number of ether oxygens (including phenoxy) is 1. The van der Waals surface area contributed by atoms with Gasteiger partial charge in [-0.2, -0.15) is 0 Å². The maximum absolute atomic E-state index is 10.1. The van der Waals surface area contributed by atoms with Crippen molar-refractivity contribution in [3.63, 3.8) is 0 Å². The van der Waals surface area contributed by atoms with Crippen LogP contribution in [0.5, 0.6) is 11.5 Å². The van der Waals surface area contributed by atoms with Gasteiger partial charge in [-0.25, -0.2) is 4.99 Å². The molecule has 0 amide bonds. The first kappa shape index (κ1) is 24.1. The summed E-state index contributed by atoms with van der Waals surface area (Å²) >= 11 is 0. The van der Waals surface area contributed by atoms with Crippen molar-refractivity contribution in [1.82, 2.24) is 15.5 Å². The number of halogens is 1. The number of aromatic hydroxyl groups is 1. The van der Waals surface area contributed by atoms with E-state index >= 15 is 0 Å². The molecule has 1 atom stereocenters. The van der Waals surface area contributed by atoms with Crippen LogP contribution in [0.4, 0.5) is 0 Å². The lowest BCUT2D eigenvalue weighted by Gasteiger charge is -2.40. The van der Waals surface area contributed by atoms with Crippen molar-refractivity contribution in [2.45, 2.75) is 70.5 Å². The molecular formula is C22H37IN4O2. The smallest absolute Gasteiger partial charge is 0.191 e. The van der Waals surface area contributed by atoms with Crippen molar-refractivity contribution in [2.75, 3.05) is 26.7 Å². The van der Waals surface area contributed by atoms with Crippen molar-refractivity contribution in [2.24, 2.45) is 4.99 Å². The Hall–Kier alpha value is -1.22. The number of hydrogen-bond donors (Lipinski definition) is 3. The van der Waals surface area contributed by atoms with Crippen LogP contribution < -0.4 is 15.4 Å². The zero-order chi connectivity index (χ0) is 19.8.